The van der Waals surface area contributed by atoms with Crippen LogP contribution in [0.25, 0.3) is 0 Å². The first-order valence-corrected chi connectivity index (χ1v) is 11.5. The van der Waals surface area contributed by atoms with Crippen molar-refractivity contribution in [3.05, 3.63) is 23.5 Å². The Kier molecular flexibility index (Phi) is 4.96. The maximum absolute atomic E-state index is 12.7. The number of fused-ring (bicyclic) bond motifs is 1. The van der Waals surface area contributed by atoms with Gasteiger partial charge in [-0.3, -0.25) is 4.79 Å². The van der Waals surface area contributed by atoms with Crippen LogP contribution in [0.15, 0.2) is 12.4 Å². The molecule has 140 valence electrons. The van der Waals surface area contributed by atoms with E-state index in [0.29, 0.717) is 5.56 Å². The van der Waals surface area contributed by atoms with E-state index in [4.69, 9.17) is 9.16 Å². The van der Waals surface area contributed by atoms with Crippen molar-refractivity contribution in [1.82, 2.24) is 9.88 Å². The Labute approximate surface area is 151 Å². The second kappa shape index (κ2) is 6.28. The average Bonchev–Trinajstić information content (AvgIpc) is 2.96. The highest BCUT2D eigenvalue weighted by Crippen LogP contribution is 2.40. The largest absolute Gasteiger partial charge is 0.443 e. The van der Waals surface area contributed by atoms with Crippen molar-refractivity contribution in [1.29, 1.82) is 0 Å². The molecule has 2 rings (SSSR count). The van der Waals surface area contributed by atoms with Crippen LogP contribution in [0.4, 0.5) is 4.79 Å². The van der Waals surface area contributed by atoms with Crippen LogP contribution in [-0.4, -0.2) is 42.4 Å². The lowest BCUT2D eigenvalue weighted by Crippen LogP contribution is -2.45. The van der Waals surface area contributed by atoms with Gasteiger partial charge < -0.3 is 14.1 Å². The molecule has 1 N–H and O–H groups in total. The third-order valence-electron chi connectivity index (χ3n) is 4.90. The van der Waals surface area contributed by atoms with Gasteiger partial charge in [0.2, 0.25) is 0 Å². The predicted octanol–water partition coefficient (Wildman–Crippen LogP) is 4.47. The molecule has 1 aromatic heterocycles. The van der Waals surface area contributed by atoms with Crippen LogP contribution in [0, 0.1) is 0 Å². The molecule has 1 atom stereocenters. The van der Waals surface area contributed by atoms with Crippen LogP contribution in [-0.2, 0) is 9.16 Å². The number of hydrogen-bond donors (Lipinski definition) is 1. The molecule has 1 aliphatic heterocycles. The van der Waals surface area contributed by atoms with E-state index in [1.54, 1.807) is 33.2 Å². The summed E-state index contributed by atoms with van der Waals surface area (Å²) in [7, 11) is -2.01. The molecule has 2 amide bonds. The smallest absolute Gasteiger partial charge is 0.417 e. The van der Waals surface area contributed by atoms with Gasteiger partial charge in [-0.2, -0.15) is 0 Å². The first-order chi connectivity index (χ1) is 11.2. The van der Waals surface area contributed by atoms with Crippen LogP contribution >= 0.6 is 0 Å². The van der Waals surface area contributed by atoms with E-state index >= 15 is 0 Å². The maximum Gasteiger partial charge on any atom is 0.417 e. The van der Waals surface area contributed by atoms with Crippen molar-refractivity contribution in [2.45, 2.75) is 71.3 Å². The monoisotopic (exact) mass is 366 g/mol. The van der Waals surface area contributed by atoms with E-state index in [1.165, 1.54) is 4.90 Å². The summed E-state index contributed by atoms with van der Waals surface area (Å²) in [6, 6.07) is -0.460. The molecule has 1 aliphatic rings. The lowest BCUT2D eigenvalue weighted by atomic mass is 10.1. The number of hydrogen-bond acceptors (Lipinski definition) is 4. The van der Waals surface area contributed by atoms with E-state index in [0.717, 1.165) is 5.56 Å². The molecule has 2 heterocycles. The fourth-order valence-corrected chi connectivity index (χ4v) is 3.44. The molecule has 6 nitrogen and oxygen atoms in total. The summed E-state index contributed by atoms with van der Waals surface area (Å²) in [5.41, 5.74) is 0.630. The fourth-order valence-electron chi connectivity index (χ4n) is 2.44. The molecule has 1 aromatic rings. The number of aromatic amines is 1. The van der Waals surface area contributed by atoms with Crippen LogP contribution in [0.2, 0.25) is 18.1 Å². The summed E-state index contributed by atoms with van der Waals surface area (Å²) in [6.07, 6.45) is 2.76. The second-order valence-corrected chi connectivity index (χ2v) is 13.9. The molecule has 0 unspecified atom stereocenters. The standard InChI is InChI=1S/C18H30N2O4Si/c1-17(2,3)24-16(22)20-14(11-23-25(7,8)18(4,5)6)12-9-19-10-13(12)15(20)21/h9-10,14,19H,11H2,1-8H3/t14-/m1/s1. The number of amides is 2. The van der Waals surface area contributed by atoms with Crippen LogP contribution in [0.3, 0.4) is 0 Å². The number of nitrogens with zero attached hydrogens (tertiary/aromatic N) is 1. The minimum Gasteiger partial charge on any atom is -0.443 e. The Morgan fingerprint density at radius 1 is 1.20 bits per heavy atom. The van der Waals surface area contributed by atoms with E-state index in [-0.39, 0.29) is 17.6 Å². The lowest BCUT2D eigenvalue weighted by Gasteiger charge is -2.37. The summed E-state index contributed by atoms with van der Waals surface area (Å²) in [5.74, 6) is -0.339. The van der Waals surface area contributed by atoms with Gasteiger partial charge in [0.1, 0.15) is 5.60 Å². The fraction of sp³-hybridized carbons (Fsp3) is 0.667. The van der Waals surface area contributed by atoms with Gasteiger partial charge in [0, 0.05) is 18.0 Å². The van der Waals surface area contributed by atoms with Gasteiger partial charge in [-0.05, 0) is 38.9 Å². The number of nitrogens with one attached hydrogen (secondary N) is 1. The Morgan fingerprint density at radius 2 is 1.80 bits per heavy atom. The van der Waals surface area contributed by atoms with Crippen LogP contribution < -0.4 is 0 Å². The van der Waals surface area contributed by atoms with E-state index in [9.17, 15) is 9.59 Å². The summed E-state index contributed by atoms with van der Waals surface area (Å²) < 4.78 is 11.7. The average molecular weight is 367 g/mol. The molecule has 0 aromatic carbocycles. The second-order valence-electron chi connectivity index (χ2n) is 9.07. The van der Waals surface area contributed by atoms with Crippen molar-refractivity contribution in [2.24, 2.45) is 0 Å². The Hall–Kier alpha value is -1.60. The summed E-state index contributed by atoms with van der Waals surface area (Å²) in [6.45, 7) is 16.4. The van der Waals surface area contributed by atoms with Gasteiger partial charge in [-0.1, -0.05) is 20.8 Å². The predicted molar refractivity (Wildman–Crippen MR) is 99.1 cm³/mol. The van der Waals surface area contributed by atoms with E-state index < -0.39 is 26.1 Å². The molecule has 0 fully saturated rings. The van der Waals surface area contributed by atoms with Crippen molar-refractivity contribution < 1.29 is 18.8 Å². The highest BCUT2D eigenvalue weighted by Gasteiger charge is 2.45. The number of imide groups is 1. The SMILES string of the molecule is CC(C)(C)OC(=O)N1C(=O)c2c[nH]cc2[C@H]1CO[Si](C)(C)C(C)(C)C. The quantitative estimate of drug-likeness (QED) is 0.801. The normalized spacial score (nSPS) is 18.5. The molecule has 0 spiro atoms. The first-order valence-electron chi connectivity index (χ1n) is 8.62. The Bertz CT molecular complexity index is 667. The minimum absolute atomic E-state index is 0.0489. The van der Waals surface area contributed by atoms with Gasteiger partial charge in [0.25, 0.3) is 5.91 Å². The number of rotatable bonds is 3. The summed E-state index contributed by atoms with van der Waals surface area (Å²) >= 11 is 0. The van der Waals surface area contributed by atoms with Crippen LogP contribution in [0.1, 0.15) is 63.5 Å². The number of ether oxygens (including phenoxy) is 1. The summed E-state index contributed by atoms with van der Waals surface area (Å²) in [5, 5.41) is 0.0489. The van der Waals surface area contributed by atoms with Crippen molar-refractivity contribution >= 4 is 20.3 Å². The minimum atomic E-state index is -2.01. The van der Waals surface area contributed by atoms with E-state index in [2.05, 4.69) is 38.8 Å². The van der Waals surface area contributed by atoms with Crippen LogP contribution in [0.5, 0.6) is 0 Å². The number of aromatic nitrogens is 1. The molecular formula is C18H30N2O4Si. The van der Waals surface area contributed by atoms with Crippen molar-refractivity contribution in [3.63, 3.8) is 0 Å². The van der Waals surface area contributed by atoms with Gasteiger partial charge >= 0.3 is 6.09 Å². The van der Waals surface area contributed by atoms with Gasteiger partial charge in [-0.15, -0.1) is 0 Å². The number of carbonyl (C=O) groups is 2. The Balaban J connectivity index is 2.26. The van der Waals surface area contributed by atoms with Gasteiger partial charge in [0.15, 0.2) is 8.32 Å². The lowest BCUT2D eigenvalue weighted by molar-refractivity contribution is 0.0144. The summed E-state index contributed by atoms with van der Waals surface area (Å²) in [4.78, 5) is 29.4. The zero-order valence-electron chi connectivity index (χ0n) is 16.5. The molecule has 7 heteroatoms. The van der Waals surface area contributed by atoms with Gasteiger partial charge in [-0.25, -0.2) is 9.69 Å². The number of carbonyl (C=O) groups excluding carboxylic acids is 2. The van der Waals surface area contributed by atoms with Crippen molar-refractivity contribution in [3.8, 4) is 0 Å². The number of H-pyrrole nitrogens is 1. The first kappa shape index (κ1) is 19.7. The molecule has 0 saturated heterocycles. The third kappa shape index (κ3) is 3.98. The molecule has 25 heavy (non-hydrogen) atoms. The zero-order chi connectivity index (χ0) is 19.2. The Morgan fingerprint density at radius 3 is 2.32 bits per heavy atom. The van der Waals surface area contributed by atoms with Gasteiger partial charge in [0.05, 0.1) is 18.2 Å². The molecule has 0 radical (unpaired) electrons. The maximum atomic E-state index is 12.7. The third-order valence-corrected chi connectivity index (χ3v) is 9.40. The molecule has 0 saturated carbocycles. The zero-order valence-corrected chi connectivity index (χ0v) is 17.5. The molecule has 0 bridgehead atoms. The molecule has 0 aliphatic carbocycles. The highest BCUT2D eigenvalue weighted by atomic mass is 28.4. The highest BCUT2D eigenvalue weighted by molar-refractivity contribution is 6.74. The van der Waals surface area contributed by atoms with E-state index in [1.807, 2.05) is 0 Å². The molecular weight excluding hydrogens is 336 g/mol. The topological polar surface area (TPSA) is 71.6 Å². The van der Waals surface area contributed by atoms with Crippen molar-refractivity contribution in [2.75, 3.05) is 6.61 Å².